The van der Waals surface area contributed by atoms with E-state index in [4.69, 9.17) is 13.7 Å². The number of nitrogens with zero attached hydrogens (tertiary/aromatic N) is 2. The summed E-state index contributed by atoms with van der Waals surface area (Å²) in [6, 6.07) is 7.78. The summed E-state index contributed by atoms with van der Waals surface area (Å²) in [5.41, 5.74) is 1.10. The van der Waals surface area contributed by atoms with E-state index in [1.165, 1.54) is 6.39 Å². The first-order valence-corrected chi connectivity index (χ1v) is 6.61. The Morgan fingerprint density at radius 3 is 2.35 bits per heavy atom. The van der Waals surface area contributed by atoms with E-state index in [1.54, 1.807) is 0 Å². The lowest BCUT2D eigenvalue weighted by atomic mass is 9.78. The predicted molar refractivity (Wildman–Crippen MR) is 75.5 cm³/mol. The molecule has 104 valence electrons. The third kappa shape index (κ3) is 2.15. The van der Waals surface area contributed by atoms with Crippen molar-refractivity contribution in [3.63, 3.8) is 0 Å². The van der Waals surface area contributed by atoms with Crippen molar-refractivity contribution in [2.45, 2.75) is 38.9 Å². The average Bonchev–Trinajstić information content (AvgIpc) is 2.97. The first-order valence-electron chi connectivity index (χ1n) is 6.61. The molecule has 1 aliphatic heterocycles. The van der Waals surface area contributed by atoms with Gasteiger partial charge in [-0.2, -0.15) is 0 Å². The molecule has 0 radical (unpaired) electrons. The Kier molecular flexibility index (Phi) is 2.95. The summed E-state index contributed by atoms with van der Waals surface area (Å²) >= 11 is 0. The summed E-state index contributed by atoms with van der Waals surface area (Å²) in [7, 11) is -0.386. The molecular weight excluding hydrogens is 255 g/mol. The minimum Gasteiger partial charge on any atom is -0.423 e. The second-order valence-corrected chi connectivity index (χ2v) is 5.96. The second-order valence-electron chi connectivity index (χ2n) is 5.96. The number of benzene rings is 1. The van der Waals surface area contributed by atoms with Crippen LogP contribution in [0.2, 0.25) is 0 Å². The van der Waals surface area contributed by atoms with Crippen molar-refractivity contribution in [1.29, 1.82) is 0 Å². The fourth-order valence-electron chi connectivity index (χ4n) is 2.10. The van der Waals surface area contributed by atoms with Gasteiger partial charge in [0.2, 0.25) is 12.3 Å². The molecule has 0 amide bonds. The van der Waals surface area contributed by atoms with Gasteiger partial charge in [0.1, 0.15) is 0 Å². The lowest BCUT2D eigenvalue weighted by molar-refractivity contribution is 0.00578. The second kappa shape index (κ2) is 4.43. The van der Waals surface area contributed by atoms with Crippen LogP contribution in [-0.2, 0) is 9.31 Å². The average molecular weight is 272 g/mol. The summed E-state index contributed by atoms with van der Waals surface area (Å²) < 4.78 is 17.3. The number of rotatable bonds is 2. The summed E-state index contributed by atoms with van der Waals surface area (Å²) in [6.45, 7) is 8.15. The fourth-order valence-corrected chi connectivity index (χ4v) is 2.10. The Labute approximate surface area is 118 Å². The topological polar surface area (TPSA) is 57.4 Å². The Morgan fingerprint density at radius 2 is 1.75 bits per heavy atom. The highest BCUT2D eigenvalue weighted by molar-refractivity contribution is 6.62. The molecule has 0 bridgehead atoms. The molecule has 1 aromatic carbocycles. The van der Waals surface area contributed by atoms with Gasteiger partial charge in [-0.1, -0.05) is 12.1 Å². The summed E-state index contributed by atoms with van der Waals surface area (Å²) in [4.78, 5) is 0. The van der Waals surface area contributed by atoms with Gasteiger partial charge in [-0.05, 0) is 45.3 Å². The molecular formula is C14H17BN2O3. The molecule has 2 heterocycles. The summed E-state index contributed by atoms with van der Waals surface area (Å²) in [6.07, 6.45) is 1.32. The molecule has 1 fully saturated rings. The van der Waals surface area contributed by atoms with Crippen LogP contribution in [0.5, 0.6) is 0 Å². The predicted octanol–water partition coefficient (Wildman–Crippen LogP) is 2.04. The molecule has 2 aromatic rings. The van der Waals surface area contributed by atoms with Gasteiger partial charge in [0.25, 0.3) is 0 Å². The van der Waals surface area contributed by atoms with Crippen molar-refractivity contribution in [3.05, 3.63) is 30.7 Å². The van der Waals surface area contributed by atoms with E-state index in [-0.39, 0.29) is 18.3 Å². The maximum Gasteiger partial charge on any atom is 0.494 e. The van der Waals surface area contributed by atoms with Gasteiger partial charge in [-0.3, -0.25) is 0 Å². The Bertz CT molecular complexity index is 595. The first-order chi connectivity index (χ1) is 9.39. The van der Waals surface area contributed by atoms with Crippen LogP contribution in [0.1, 0.15) is 27.7 Å². The zero-order chi connectivity index (χ0) is 14.4. The van der Waals surface area contributed by atoms with Crippen LogP contribution < -0.4 is 5.46 Å². The molecule has 6 heteroatoms. The molecule has 1 aromatic heterocycles. The minimum atomic E-state index is -0.386. The van der Waals surface area contributed by atoms with E-state index in [0.29, 0.717) is 5.89 Å². The van der Waals surface area contributed by atoms with Crippen molar-refractivity contribution >= 4 is 12.6 Å². The van der Waals surface area contributed by atoms with E-state index < -0.39 is 0 Å². The van der Waals surface area contributed by atoms with Crippen LogP contribution in [0.25, 0.3) is 11.5 Å². The molecule has 3 rings (SSSR count). The third-order valence-electron chi connectivity index (χ3n) is 4.02. The van der Waals surface area contributed by atoms with Gasteiger partial charge in [0.05, 0.1) is 11.2 Å². The molecule has 0 saturated carbocycles. The van der Waals surface area contributed by atoms with E-state index in [2.05, 4.69) is 10.2 Å². The van der Waals surface area contributed by atoms with Gasteiger partial charge in [-0.25, -0.2) is 0 Å². The van der Waals surface area contributed by atoms with Crippen LogP contribution in [0.4, 0.5) is 0 Å². The SMILES string of the molecule is CC1(C)OB(c2cccc(-c3nnco3)c2)OC1(C)C. The smallest absolute Gasteiger partial charge is 0.423 e. The van der Waals surface area contributed by atoms with Crippen molar-refractivity contribution in [2.75, 3.05) is 0 Å². The number of hydrogen-bond donors (Lipinski definition) is 0. The van der Waals surface area contributed by atoms with E-state index in [1.807, 2.05) is 52.0 Å². The van der Waals surface area contributed by atoms with Crippen molar-refractivity contribution in [3.8, 4) is 11.5 Å². The van der Waals surface area contributed by atoms with Gasteiger partial charge >= 0.3 is 7.12 Å². The monoisotopic (exact) mass is 272 g/mol. The molecule has 5 nitrogen and oxygen atoms in total. The molecule has 0 atom stereocenters. The van der Waals surface area contributed by atoms with Gasteiger partial charge in [-0.15, -0.1) is 10.2 Å². The molecule has 0 spiro atoms. The first kappa shape index (κ1) is 13.3. The summed E-state index contributed by atoms with van der Waals surface area (Å²) in [5, 5.41) is 7.61. The maximum atomic E-state index is 6.03. The standard InChI is InChI=1S/C14H17BN2O3/c1-13(2)14(3,4)20-15(19-13)11-7-5-6-10(8-11)12-17-16-9-18-12/h5-9H,1-4H3. The van der Waals surface area contributed by atoms with Gasteiger partial charge < -0.3 is 13.7 Å². The lowest BCUT2D eigenvalue weighted by Crippen LogP contribution is -2.41. The fraction of sp³-hybridized carbons (Fsp3) is 0.429. The summed E-state index contributed by atoms with van der Waals surface area (Å²) in [5.74, 6) is 0.489. The van der Waals surface area contributed by atoms with Gasteiger partial charge in [0, 0.05) is 5.56 Å². The van der Waals surface area contributed by atoms with Crippen molar-refractivity contribution in [2.24, 2.45) is 0 Å². The van der Waals surface area contributed by atoms with Crippen LogP contribution in [0.3, 0.4) is 0 Å². The molecule has 1 aliphatic rings. The maximum absolute atomic E-state index is 6.03. The van der Waals surface area contributed by atoms with Crippen LogP contribution in [-0.4, -0.2) is 28.5 Å². The van der Waals surface area contributed by atoms with Crippen LogP contribution in [0.15, 0.2) is 35.1 Å². The zero-order valence-electron chi connectivity index (χ0n) is 12.1. The minimum absolute atomic E-state index is 0.349. The highest BCUT2D eigenvalue weighted by Gasteiger charge is 2.51. The number of hydrogen-bond acceptors (Lipinski definition) is 5. The van der Waals surface area contributed by atoms with E-state index in [9.17, 15) is 0 Å². The lowest BCUT2D eigenvalue weighted by Gasteiger charge is -2.32. The van der Waals surface area contributed by atoms with Crippen LogP contribution in [0, 0.1) is 0 Å². The van der Waals surface area contributed by atoms with Crippen molar-refractivity contribution in [1.82, 2.24) is 10.2 Å². The molecule has 0 unspecified atom stereocenters. The third-order valence-corrected chi connectivity index (χ3v) is 4.02. The quantitative estimate of drug-likeness (QED) is 0.783. The number of aromatic nitrogens is 2. The van der Waals surface area contributed by atoms with Crippen molar-refractivity contribution < 1.29 is 13.7 Å². The zero-order valence-corrected chi connectivity index (χ0v) is 12.1. The Morgan fingerprint density at radius 1 is 1.05 bits per heavy atom. The highest BCUT2D eigenvalue weighted by atomic mass is 16.7. The molecule has 0 N–H and O–H groups in total. The molecule has 20 heavy (non-hydrogen) atoms. The Balaban J connectivity index is 1.91. The van der Waals surface area contributed by atoms with Crippen LogP contribution >= 0.6 is 0 Å². The largest absolute Gasteiger partial charge is 0.494 e. The molecule has 0 aliphatic carbocycles. The van der Waals surface area contributed by atoms with Gasteiger partial charge in [0.15, 0.2) is 0 Å². The molecule has 1 saturated heterocycles. The van der Waals surface area contributed by atoms with E-state index >= 15 is 0 Å². The Hall–Kier alpha value is -1.66. The van der Waals surface area contributed by atoms with E-state index in [0.717, 1.165) is 11.0 Å². The highest BCUT2D eigenvalue weighted by Crippen LogP contribution is 2.36. The normalized spacial score (nSPS) is 20.3.